The number of hydrogen-bond donors (Lipinski definition) is 1. The lowest BCUT2D eigenvalue weighted by Gasteiger charge is -2.07. The van der Waals surface area contributed by atoms with E-state index in [4.69, 9.17) is 5.73 Å². The fourth-order valence-corrected chi connectivity index (χ4v) is 2.48. The number of anilines is 1. The van der Waals surface area contributed by atoms with Crippen LogP contribution in [0.25, 0.3) is 0 Å². The molecule has 3 heteroatoms. The maximum Gasteiger partial charge on any atom is 0.239 e. The van der Waals surface area contributed by atoms with Crippen LogP contribution >= 0.6 is 0 Å². The molecule has 76 valence electrons. The quantitative estimate of drug-likeness (QED) is 0.458. The van der Waals surface area contributed by atoms with Gasteiger partial charge in [-0.15, -0.1) is 0 Å². The Morgan fingerprint density at radius 3 is 2.64 bits per heavy atom. The maximum atomic E-state index is 5.66. The van der Waals surface area contributed by atoms with Gasteiger partial charge >= 0.3 is 0 Å². The smallest absolute Gasteiger partial charge is 0.239 e. The van der Waals surface area contributed by atoms with E-state index < -0.39 is 0 Å². The summed E-state index contributed by atoms with van der Waals surface area (Å²) in [5.41, 5.74) is 7.93. The van der Waals surface area contributed by atoms with E-state index in [-0.39, 0.29) is 0 Å². The predicted molar refractivity (Wildman–Crippen MR) is 55.7 cm³/mol. The molecule has 1 aromatic rings. The number of nitrogen functional groups attached to an aromatic ring is 1. The number of halogens is 1. The summed E-state index contributed by atoms with van der Waals surface area (Å²) in [5, 5.41) is 0. The number of rotatable bonds is 2. The van der Waals surface area contributed by atoms with Crippen LogP contribution in [0.4, 0.5) is 5.69 Å². The minimum absolute atomic E-state index is 0.683. The minimum Gasteiger partial charge on any atom is -0.399 e. The van der Waals surface area contributed by atoms with Crippen LogP contribution in [0.3, 0.4) is 0 Å². The van der Waals surface area contributed by atoms with Gasteiger partial charge in [0.05, 0.1) is 13.1 Å². The minimum atomic E-state index is 0.683. The standard InChI is InChI=1S/C11H16ClN2/c1-12-14-7-6-10(8-14)9-2-4-11(13)5-3-9/h2-5,10H,6-8,13H2,1H3/q+1. The van der Waals surface area contributed by atoms with Gasteiger partial charge in [0.2, 0.25) is 11.0 Å². The molecule has 1 unspecified atom stereocenters. The molecule has 0 amide bonds. The molecule has 1 aromatic carbocycles. The molecule has 2 N–H and O–H groups in total. The molecule has 1 heterocycles. The Morgan fingerprint density at radius 2 is 2.07 bits per heavy atom. The Balaban J connectivity index is 2.06. The fraction of sp³-hybridized carbons (Fsp3) is 0.455. The second-order valence-electron chi connectivity index (χ2n) is 3.69. The van der Waals surface area contributed by atoms with E-state index in [1.165, 1.54) is 18.5 Å². The van der Waals surface area contributed by atoms with Crippen molar-refractivity contribution in [1.82, 2.24) is 4.42 Å². The molecule has 1 saturated heterocycles. The van der Waals surface area contributed by atoms with Gasteiger partial charge in [0.25, 0.3) is 0 Å². The molecule has 1 fully saturated rings. The number of hydrogen-bond acceptors (Lipinski definition) is 2. The molecule has 0 aromatic heterocycles. The molecule has 0 radical (unpaired) electrons. The summed E-state index contributed by atoms with van der Waals surface area (Å²) in [6.07, 6.45) is 3.34. The first-order valence-electron chi connectivity index (χ1n) is 4.89. The van der Waals surface area contributed by atoms with E-state index in [0.717, 1.165) is 12.2 Å². The first kappa shape index (κ1) is 9.81. The van der Waals surface area contributed by atoms with E-state index in [1.807, 2.05) is 12.1 Å². The maximum absolute atomic E-state index is 5.66. The highest BCUT2D eigenvalue weighted by molar-refractivity contribution is 5.40. The van der Waals surface area contributed by atoms with Crippen LogP contribution in [0.5, 0.6) is 0 Å². The summed E-state index contributed by atoms with van der Waals surface area (Å²) < 4.78 is 2.36. The van der Waals surface area contributed by atoms with Gasteiger partial charge in [-0.1, -0.05) is 16.6 Å². The van der Waals surface area contributed by atoms with Gasteiger partial charge in [-0.2, -0.15) is 0 Å². The Hall–Kier alpha value is -0.730. The highest BCUT2D eigenvalue weighted by Crippen LogP contribution is 2.27. The molecule has 0 bridgehead atoms. The van der Waals surface area contributed by atoms with Crippen molar-refractivity contribution >= 4 is 5.69 Å². The highest BCUT2D eigenvalue weighted by atomic mass is 35.5. The Labute approximate surface area is 88.9 Å². The van der Waals surface area contributed by atoms with E-state index in [1.54, 1.807) is 0 Å². The van der Waals surface area contributed by atoms with Gasteiger partial charge in [0.15, 0.2) is 6.38 Å². The van der Waals surface area contributed by atoms with Gasteiger partial charge in [-0.25, -0.2) is 0 Å². The molecule has 0 spiro atoms. The lowest BCUT2D eigenvalue weighted by Crippen LogP contribution is -2.17. The summed E-state index contributed by atoms with van der Waals surface area (Å²) in [6.45, 7) is 2.33. The normalized spacial score (nSPS) is 22.8. The van der Waals surface area contributed by atoms with Crippen molar-refractivity contribution in [2.45, 2.75) is 12.3 Å². The Morgan fingerprint density at radius 1 is 1.36 bits per heavy atom. The monoisotopic (exact) mass is 211 g/mol. The van der Waals surface area contributed by atoms with Crippen LogP contribution in [-0.2, 0) is 0 Å². The summed E-state index contributed by atoms with van der Waals surface area (Å²) in [6, 6.07) is 8.29. The van der Waals surface area contributed by atoms with Crippen LogP contribution in [-0.4, -0.2) is 23.9 Å². The van der Waals surface area contributed by atoms with Gasteiger partial charge in [-0.05, 0) is 24.1 Å². The summed E-state index contributed by atoms with van der Waals surface area (Å²) >= 11 is 0. The molecule has 0 saturated carbocycles. The zero-order valence-electron chi connectivity index (χ0n) is 8.41. The molecule has 2 nitrogen and oxygen atoms in total. The van der Waals surface area contributed by atoms with Crippen molar-refractivity contribution in [2.24, 2.45) is 0 Å². The van der Waals surface area contributed by atoms with Crippen molar-refractivity contribution in [3.05, 3.63) is 29.8 Å². The average molecular weight is 212 g/mol. The fourth-order valence-electron chi connectivity index (χ4n) is 1.91. The van der Waals surface area contributed by atoms with Crippen LogP contribution in [0.15, 0.2) is 24.3 Å². The molecule has 1 aliphatic heterocycles. The number of nitrogens with zero attached hydrogens (tertiary/aromatic N) is 1. The third-order valence-corrected chi connectivity index (χ3v) is 3.57. The van der Waals surface area contributed by atoms with Crippen molar-refractivity contribution < 1.29 is 11.0 Å². The third kappa shape index (κ3) is 2.02. The number of nitrogens with two attached hydrogens (primary N) is 1. The van der Waals surface area contributed by atoms with E-state index in [9.17, 15) is 0 Å². The van der Waals surface area contributed by atoms with Crippen LogP contribution in [0.2, 0.25) is 0 Å². The number of alkyl halides is 1. The van der Waals surface area contributed by atoms with Crippen molar-refractivity contribution in [3.63, 3.8) is 0 Å². The molecule has 0 aliphatic carbocycles. The Bertz CT molecular complexity index is 297. The van der Waals surface area contributed by atoms with Gasteiger partial charge in [-0.3, -0.25) is 0 Å². The first-order chi connectivity index (χ1) is 6.79. The molecule has 14 heavy (non-hydrogen) atoms. The van der Waals surface area contributed by atoms with Gasteiger partial charge in [0, 0.05) is 11.6 Å². The van der Waals surface area contributed by atoms with E-state index >= 15 is 0 Å². The molecular weight excluding hydrogens is 196 g/mol. The summed E-state index contributed by atoms with van der Waals surface area (Å²) in [4.78, 5) is 0. The van der Waals surface area contributed by atoms with Crippen molar-refractivity contribution in [1.29, 1.82) is 0 Å². The number of benzene rings is 1. The molecular formula is C11H16ClN2+. The second kappa shape index (κ2) is 4.20. The SMILES string of the molecule is C[Cl+]N1CCC(c2ccc(N)cc2)C1. The lowest BCUT2D eigenvalue weighted by molar-refractivity contribution is -0.780. The molecule has 1 aliphatic rings. The highest BCUT2D eigenvalue weighted by Gasteiger charge is 2.29. The zero-order chi connectivity index (χ0) is 9.97. The lowest BCUT2D eigenvalue weighted by atomic mass is 9.98. The summed E-state index contributed by atoms with van der Waals surface area (Å²) in [7, 11) is 2.29. The van der Waals surface area contributed by atoms with Gasteiger partial charge in [0.1, 0.15) is 0 Å². The predicted octanol–water partition coefficient (Wildman–Crippen LogP) is 1.69. The topological polar surface area (TPSA) is 29.3 Å². The van der Waals surface area contributed by atoms with E-state index in [2.05, 4.69) is 33.9 Å². The van der Waals surface area contributed by atoms with Gasteiger partial charge < -0.3 is 5.73 Å². The molecule has 1 atom stereocenters. The first-order valence-corrected chi connectivity index (χ1v) is 5.99. The third-order valence-electron chi connectivity index (χ3n) is 2.79. The molecule has 2 rings (SSSR count). The largest absolute Gasteiger partial charge is 0.399 e. The van der Waals surface area contributed by atoms with Crippen molar-refractivity contribution in [3.8, 4) is 0 Å². The summed E-state index contributed by atoms with van der Waals surface area (Å²) in [5.74, 6) is 0.683. The van der Waals surface area contributed by atoms with Crippen molar-refractivity contribution in [2.75, 3.05) is 25.2 Å². The Kier molecular flexibility index (Phi) is 2.94. The zero-order valence-corrected chi connectivity index (χ0v) is 9.17. The van der Waals surface area contributed by atoms with Crippen LogP contribution in [0, 0.1) is 11.0 Å². The van der Waals surface area contributed by atoms with E-state index in [0.29, 0.717) is 5.92 Å². The van der Waals surface area contributed by atoms with Crippen LogP contribution < -0.4 is 5.73 Å². The average Bonchev–Trinajstić information content (AvgIpc) is 2.67. The van der Waals surface area contributed by atoms with Crippen LogP contribution in [0.1, 0.15) is 17.9 Å². The second-order valence-corrected chi connectivity index (χ2v) is 4.51.